The Morgan fingerprint density at radius 2 is 2.07 bits per heavy atom. The topological polar surface area (TPSA) is 9.23 Å². The Kier molecular flexibility index (Phi) is 2.11. The van der Waals surface area contributed by atoms with Crippen molar-refractivity contribution in [3.63, 3.8) is 0 Å². The van der Waals surface area contributed by atoms with Crippen molar-refractivity contribution in [1.82, 2.24) is 0 Å². The first-order chi connectivity index (χ1) is 6.44. The first kappa shape index (κ1) is 9.97. The monoisotopic (exact) mass is 192 g/mol. The summed E-state index contributed by atoms with van der Waals surface area (Å²) in [7, 11) is 0. The van der Waals surface area contributed by atoms with E-state index in [9.17, 15) is 0 Å². The molecule has 0 aromatic carbocycles. The molecule has 0 spiro atoms. The highest BCUT2D eigenvalue weighted by atomic mass is 16.5. The molecule has 78 valence electrons. The molecule has 0 bridgehead atoms. The molecule has 0 radical (unpaired) electrons. The molecule has 0 saturated heterocycles. The predicted octanol–water partition coefficient (Wildman–Crippen LogP) is 3.47. The van der Waals surface area contributed by atoms with Crippen LogP contribution in [0.5, 0.6) is 0 Å². The number of rotatable bonds is 0. The fraction of sp³-hybridized carbons (Fsp3) is 0.692. The Morgan fingerprint density at radius 3 is 2.79 bits per heavy atom. The van der Waals surface area contributed by atoms with E-state index in [4.69, 9.17) is 4.74 Å². The van der Waals surface area contributed by atoms with E-state index in [0.717, 1.165) is 12.8 Å². The standard InChI is InChI=1S/C13H20O/c1-10-6-7-11-12(2,3)8-5-9-13(11,4)14-10/h5,7,9-10H,6,8H2,1-4H3/t10-,13-/m0/s1. The Balaban J connectivity index is 2.43. The smallest absolute Gasteiger partial charge is 0.105 e. The zero-order valence-electron chi connectivity index (χ0n) is 9.63. The van der Waals surface area contributed by atoms with Crippen LogP contribution in [0.2, 0.25) is 0 Å². The van der Waals surface area contributed by atoms with Gasteiger partial charge in [-0.25, -0.2) is 0 Å². The molecule has 2 atom stereocenters. The Morgan fingerprint density at radius 1 is 1.36 bits per heavy atom. The summed E-state index contributed by atoms with van der Waals surface area (Å²) in [4.78, 5) is 0. The van der Waals surface area contributed by atoms with E-state index < -0.39 is 0 Å². The number of fused-ring (bicyclic) bond motifs is 1. The van der Waals surface area contributed by atoms with Crippen molar-refractivity contribution >= 4 is 0 Å². The minimum atomic E-state index is -0.139. The van der Waals surface area contributed by atoms with Gasteiger partial charge >= 0.3 is 0 Å². The lowest BCUT2D eigenvalue weighted by Gasteiger charge is -2.46. The van der Waals surface area contributed by atoms with Crippen LogP contribution in [0.4, 0.5) is 0 Å². The fourth-order valence-corrected chi connectivity index (χ4v) is 2.78. The summed E-state index contributed by atoms with van der Waals surface area (Å²) in [6.07, 6.45) is 9.41. The second kappa shape index (κ2) is 2.96. The van der Waals surface area contributed by atoms with Crippen LogP contribution in [0.15, 0.2) is 23.8 Å². The summed E-state index contributed by atoms with van der Waals surface area (Å²) in [6.45, 7) is 8.94. The SMILES string of the molecule is C[C@H]1CC=C2C(C)(C)CC=C[C@]2(C)O1. The van der Waals surface area contributed by atoms with Gasteiger partial charge in [-0.15, -0.1) is 0 Å². The van der Waals surface area contributed by atoms with Crippen molar-refractivity contribution in [1.29, 1.82) is 0 Å². The van der Waals surface area contributed by atoms with Crippen molar-refractivity contribution in [2.45, 2.75) is 52.2 Å². The van der Waals surface area contributed by atoms with Crippen LogP contribution in [0, 0.1) is 5.41 Å². The van der Waals surface area contributed by atoms with Crippen LogP contribution in [0.25, 0.3) is 0 Å². The molecule has 1 heterocycles. The van der Waals surface area contributed by atoms with Gasteiger partial charge in [-0.1, -0.05) is 32.1 Å². The van der Waals surface area contributed by atoms with Crippen molar-refractivity contribution in [2.75, 3.05) is 0 Å². The molecule has 0 amide bonds. The van der Waals surface area contributed by atoms with Crippen LogP contribution in [-0.4, -0.2) is 11.7 Å². The first-order valence-corrected chi connectivity index (χ1v) is 5.51. The normalized spacial score (nSPS) is 40.3. The maximum absolute atomic E-state index is 6.06. The van der Waals surface area contributed by atoms with Crippen LogP contribution >= 0.6 is 0 Å². The summed E-state index contributed by atoms with van der Waals surface area (Å²) in [6, 6.07) is 0. The lowest BCUT2D eigenvalue weighted by atomic mass is 9.68. The Hall–Kier alpha value is -0.560. The van der Waals surface area contributed by atoms with Crippen LogP contribution in [-0.2, 0) is 4.74 Å². The Bertz CT molecular complexity index is 298. The van der Waals surface area contributed by atoms with E-state index in [1.807, 2.05) is 0 Å². The molecule has 14 heavy (non-hydrogen) atoms. The molecular weight excluding hydrogens is 172 g/mol. The maximum atomic E-state index is 6.06. The number of hydrogen-bond acceptors (Lipinski definition) is 1. The van der Waals surface area contributed by atoms with Crippen molar-refractivity contribution in [3.8, 4) is 0 Å². The van der Waals surface area contributed by atoms with Gasteiger partial charge in [0.25, 0.3) is 0 Å². The average molecular weight is 192 g/mol. The molecular formula is C13H20O. The third kappa shape index (κ3) is 1.44. The molecule has 1 heteroatoms. The van der Waals surface area contributed by atoms with E-state index in [2.05, 4.69) is 45.9 Å². The van der Waals surface area contributed by atoms with Crippen LogP contribution in [0.1, 0.15) is 40.5 Å². The fourth-order valence-electron chi connectivity index (χ4n) is 2.78. The molecule has 0 unspecified atom stereocenters. The molecule has 1 aliphatic carbocycles. The average Bonchev–Trinajstić information content (AvgIpc) is 2.00. The quantitative estimate of drug-likeness (QED) is 0.534. The number of hydrogen-bond donors (Lipinski definition) is 0. The molecule has 0 fully saturated rings. The van der Waals surface area contributed by atoms with Gasteiger partial charge < -0.3 is 4.74 Å². The largest absolute Gasteiger partial charge is 0.364 e. The second-order valence-electron chi connectivity index (χ2n) is 5.38. The summed E-state index contributed by atoms with van der Waals surface area (Å²) in [5.41, 5.74) is 1.59. The zero-order chi connectivity index (χ0) is 10.4. The minimum Gasteiger partial charge on any atom is -0.364 e. The second-order valence-corrected chi connectivity index (χ2v) is 5.38. The molecule has 1 aliphatic heterocycles. The summed E-state index contributed by atoms with van der Waals surface area (Å²) < 4.78 is 6.06. The summed E-state index contributed by atoms with van der Waals surface area (Å²) in [5, 5.41) is 0. The van der Waals surface area contributed by atoms with Gasteiger partial charge in [0.2, 0.25) is 0 Å². The molecule has 0 saturated carbocycles. The maximum Gasteiger partial charge on any atom is 0.105 e. The molecule has 2 rings (SSSR count). The van der Waals surface area contributed by atoms with Gasteiger partial charge in [-0.3, -0.25) is 0 Å². The third-order valence-corrected chi connectivity index (χ3v) is 3.43. The number of ether oxygens (including phenoxy) is 1. The first-order valence-electron chi connectivity index (χ1n) is 5.51. The zero-order valence-corrected chi connectivity index (χ0v) is 9.63. The summed E-state index contributed by atoms with van der Waals surface area (Å²) in [5.74, 6) is 0. The lowest BCUT2D eigenvalue weighted by molar-refractivity contribution is -0.0433. The van der Waals surface area contributed by atoms with Gasteiger partial charge in [0, 0.05) is 0 Å². The molecule has 1 nitrogen and oxygen atoms in total. The molecule has 2 aliphatic rings. The van der Waals surface area contributed by atoms with Gasteiger partial charge in [0.1, 0.15) is 5.60 Å². The van der Waals surface area contributed by atoms with E-state index in [-0.39, 0.29) is 11.0 Å². The lowest BCUT2D eigenvalue weighted by Crippen LogP contribution is -2.43. The molecule has 0 aromatic rings. The van der Waals surface area contributed by atoms with E-state index in [1.165, 1.54) is 5.57 Å². The van der Waals surface area contributed by atoms with Crippen molar-refractivity contribution in [3.05, 3.63) is 23.8 Å². The third-order valence-electron chi connectivity index (χ3n) is 3.43. The summed E-state index contributed by atoms with van der Waals surface area (Å²) >= 11 is 0. The Labute approximate surface area is 86.8 Å². The highest BCUT2D eigenvalue weighted by Crippen LogP contribution is 2.46. The van der Waals surface area contributed by atoms with Crippen LogP contribution in [0.3, 0.4) is 0 Å². The van der Waals surface area contributed by atoms with Gasteiger partial charge in [0.05, 0.1) is 6.10 Å². The van der Waals surface area contributed by atoms with E-state index in [1.54, 1.807) is 0 Å². The minimum absolute atomic E-state index is 0.139. The van der Waals surface area contributed by atoms with E-state index >= 15 is 0 Å². The van der Waals surface area contributed by atoms with Gasteiger partial charge in [0.15, 0.2) is 0 Å². The van der Waals surface area contributed by atoms with Gasteiger partial charge in [-0.2, -0.15) is 0 Å². The van der Waals surface area contributed by atoms with E-state index in [0.29, 0.717) is 6.10 Å². The highest BCUT2D eigenvalue weighted by molar-refractivity contribution is 5.35. The van der Waals surface area contributed by atoms with Gasteiger partial charge in [-0.05, 0) is 37.7 Å². The number of allylic oxidation sites excluding steroid dienone is 1. The van der Waals surface area contributed by atoms with Crippen molar-refractivity contribution in [2.24, 2.45) is 5.41 Å². The highest BCUT2D eigenvalue weighted by Gasteiger charge is 2.42. The predicted molar refractivity (Wildman–Crippen MR) is 59.2 cm³/mol. The van der Waals surface area contributed by atoms with Crippen LogP contribution < -0.4 is 0 Å². The molecule has 0 N–H and O–H groups in total. The molecule has 0 aromatic heterocycles. The van der Waals surface area contributed by atoms with Crippen molar-refractivity contribution < 1.29 is 4.74 Å².